The summed E-state index contributed by atoms with van der Waals surface area (Å²) in [7, 11) is 0. The van der Waals surface area contributed by atoms with Crippen LogP contribution in [0.25, 0.3) is 22.3 Å². The zero-order chi connectivity index (χ0) is 22.9. The quantitative estimate of drug-likeness (QED) is 0.406. The largest absolute Gasteiger partial charge is 0.444 e. The third-order valence-corrected chi connectivity index (χ3v) is 4.76. The highest BCUT2D eigenvalue weighted by Gasteiger charge is 2.24. The van der Waals surface area contributed by atoms with E-state index in [0.29, 0.717) is 29.1 Å². The Bertz CT molecular complexity index is 1240. The number of fused-ring (bicyclic) bond motifs is 1. The Morgan fingerprint density at radius 2 is 1.88 bits per heavy atom. The lowest BCUT2D eigenvalue weighted by molar-refractivity contribution is 0.0501. The van der Waals surface area contributed by atoms with Crippen molar-refractivity contribution in [2.45, 2.75) is 38.8 Å². The first-order chi connectivity index (χ1) is 15.2. The van der Waals surface area contributed by atoms with Crippen molar-refractivity contribution in [3.63, 3.8) is 0 Å². The van der Waals surface area contributed by atoms with Crippen LogP contribution >= 0.6 is 0 Å². The Hall–Kier alpha value is -3.75. The van der Waals surface area contributed by atoms with Crippen LogP contribution in [0.3, 0.4) is 0 Å². The molecule has 0 aliphatic carbocycles. The molecule has 166 valence electrons. The number of rotatable bonds is 5. The zero-order valence-electron chi connectivity index (χ0n) is 17.9. The number of halogens is 2. The number of hydrogen-bond acceptors (Lipinski definition) is 4. The summed E-state index contributed by atoms with van der Waals surface area (Å²) in [5.41, 5.74) is 1.87. The second-order valence-electron chi connectivity index (χ2n) is 8.44. The minimum absolute atomic E-state index is 0.336. The summed E-state index contributed by atoms with van der Waals surface area (Å²) in [4.78, 5) is 27.2. The number of imidazole rings is 1. The molecular weight excluding hydrogens is 416 g/mol. The van der Waals surface area contributed by atoms with Crippen molar-refractivity contribution in [3.8, 4) is 11.4 Å². The molecule has 0 saturated carbocycles. The second kappa shape index (κ2) is 8.41. The lowest BCUT2D eigenvalue weighted by Gasteiger charge is -2.23. The number of alkyl carbamates (subject to hydrolysis) is 1. The van der Waals surface area contributed by atoms with Crippen LogP contribution in [0.4, 0.5) is 13.6 Å². The van der Waals surface area contributed by atoms with E-state index in [1.165, 1.54) is 24.3 Å². The van der Waals surface area contributed by atoms with Crippen molar-refractivity contribution in [1.82, 2.24) is 25.3 Å². The molecule has 0 aliphatic rings. The predicted molar refractivity (Wildman–Crippen MR) is 116 cm³/mol. The average molecular weight is 439 g/mol. The van der Waals surface area contributed by atoms with Crippen LogP contribution in [0.1, 0.15) is 38.2 Å². The monoisotopic (exact) mass is 439 g/mol. The third-order valence-electron chi connectivity index (χ3n) is 4.76. The topological polar surface area (TPSA) is 95.7 Å². The maximum Gasteiger partial charge on any atom is 0.408 e. The van der Waals surface area contributed by atoms with E-state index in [9.17, 15) is 13.6 Å². The Balaban J connectivity index is 1.64. The summed E-state index contributed by atoms with van der Waals surface area (Å²) < 4.78 is 32.2. The molecular formula is C23H23F2N5O2. The number of carbonyl (C=O) groups excluding carboxylic acids is 1. The molecule has 3 heterocycles. The van der Waals surface area contributed by atoms with Crippen molar-refractivity contribution in [1.29, 1.82) is 0 Å². The van der Waals surface area contributed by atoms with Crippen molar-refractivity contribution in [2.24, 2.45) is 0 Å². The second-order valence-corrected chi connectivity index (χ2v) is 8.44. The van der Waals surface area contributed by atoms with E-state index in [4.69, 9.17) is 4.74 Å². The molecule has 0 spiro atoms. The van der Waals surface area contributed by atoms with E-state index in [1.807, 2.05) is 0 Å². The number of pyridine rings is 1. The molecule has 3 aromatic heterocycles. The fourth-order valence-corrected chi connectivity index (χ4v) is 3.39. The Morgan fingerprint density at radius 3 is 2.59 bits per heavy atom. The zero-order valence-corrected chi connectivity index (χ0v) is 17.9. The van der Waals surface area contributed by atoms with E-state index in [2.05, 4.69) is 25.3 Å². The molecule has 1 amide bonds. The maximum atomic E-state index is 13.6. The molecule has 0 saturated heterocycles. The predicted octanol–water partition coefficient (Wildman–Crippen LogP) is 5.04. The Labute approximate surface area is 183 Å². The molecule has 32 heavy (non-hydrogen) atoms. The SMILES string of the molecule is CC(C)(C)OC(=O)N[C@H](Cc1c[nH]c2cc(F)ccc12)c1nc(-c2ccc(F)cn2)c[nH]1. The summed E-state index contributed by atoms with van der Waals surface area (Å²) in [6.45, 7) is 5.34. The maximum absolute atomic E-state index is 13.6. The van der Waals surface area contributed by atoms with Crippen molar-refractivity contribution < 1.29 is 18.3 Å². The van der Waals surface area contributed by atoms with Gasteiger partial charge in [-0.3, -0.25) is 4.98 Å². The number of hydrogen-bond donors (Lipinski definition) is 3. The summed E-state index contributed by atoms with van der Waals surface area (Å²) in [5.74, 6) is -0.296. The third kappa shape index (κ3) is 4.93. The highest BCUT2D eigenvalue weighted by atomic mass is 19.1. The molecule has 9 heteroatoms. The van der Waals surface area contributed by atoms with Gasteiger partial charge in [-0.25, -0.2) is 18.6 Å². The number of nitrogens with zero attached hydrogens (tertiary/aromatic N) is 2. The molecule has 0 aliphatic heterocycles. The van der Waals surface area contributed by atoms with Gasteiger partial charge in [0.25, 0.3) is 0 Å². The number of amides is 1. The number of carbonyl (C=O) groups is 1. The summed E-state index contributed by atoms with van der Waals surface area (Å²) in [6.07, 6.45) is 4.31. The summed E-state index contributed by atoms with van der Waals surface area (Å²) in [6, 6.07) is 6.76. The lowest BCUT2D eigenvalue weighted by atomic mass is 10.0. The van der Waals surface area contributed by atoms with Crippen LogP contribution < -0.4 is 5.32 Å². The van der Waals surface area contributed by atoms with Crippen LogP contribution in [-0.4, -0.2) is 31.6 Å². The fraction of sp³-hybridized carbons (Fsp3) is 0.261. The Kier molecular flexibility index (Phi) is 5.65. The average Bonchev–Trinajstić information content (AvgIpc) is 3.34. The van der Waals surface area contributed by atoms with Gasteiger partial charge in [0.1, 0.15) is 28.8 Å². The van der Waals surface area contributed by atoms with Gasteiger partial charge in [0.05, 0.1) is 17.9 Å². The van der Waals surface area contributed by atoms with Gasteiger partial charge in [0, 0.05) is 29.7 Å². The smallest absolute Gasteiger partial charge is 0.408 e. The highest BCUT2D eigenvalue weighted by molar-refractivity contribution is 5.83. The van der Waals surface area contributed by atoms with Gasteiger partial charge in [-0.1, -0.05) is 0 Å². The van der Waals surface area contributed by atoms with Gasteiger partial charge in [0.15, 0.2) is 0 Å². The number of nitrogens with one attached hydrogen (secondary N) is 3. The normalized spacial score (nSPS) is 12.7. The van der Waals surface area contributed by atoms with E-state index < -0.39 is 23.6 Å². The van der Waals surface area contributed by atoms with E-state index in [0.717, 1.165) is 17.1 Å². The van der Waals surface area contributed by atoms with Crippen LogP contribution in [0.15, 0.2) is 48.9 Å². The van der Waals surface area contributed by atoms with Gasteiger partial charge in [-0.05, 0) is 56.7 Å². The summed E-state index contributed by atoms with van der Waals surface area (Å²) >= 11 is 0. The minimum atomic E-state index is -0.667. The van der Waals surface area contributed by atoms with Crippen molar-refractivity contribution >= 4 is 17.0 Å². The summed E-state index contributed by atoms with van der Waals surface area (Å²) in [5, 5.41) is 3.70. The van der Waals surface area contributed by atoms with Gasteiger partial charge in [0.2, 0.25) is 0 Å². The fourth-order valence-electron chi connectivity index (χ4n) is 3.39. The first-order valence-corrected chi connectivity index (χ1v) is 10.1. The standard InChI is InChI=1S/C23H23F2N5O2/c1-23(2,3)32-22(31)30-19(8-13-10-26-18-9-14(24)4-6-16(13)18)21-28-12-20(29-21)17-7-5-15(25)11-27-17/h4-7,9-12,19,26H,8H2,1-3H3,(H,28,29)(H,30,31)/t19-/m1/s1. The molecule has 0 unspecified atom stereocenters. The van der Waals surface area contributed by atoms with E-state index in [1.54, 1.807) is 39.2 Å². The minimum Gasteiger partial charge on any atom is -0.444 e. The number of ether oxygens (including phenoxy) is 1. The number of aromatic amines is 2. The number of benzene rings is 1. The van der Waals surface area contributed by atoms with Gasteiger partial charge >= 0.3 is 6.09 Å². The molecule has 0 radical (unpaired) electrons. The van der Waals surface area contributed by atoms with Crippen LogP contribution in [0, 0.1) is 11.6 Å². The van der Waals surface area contributed by atoms with Crippen LogP contribution in [-0.2, 0) is 11.2 Å². The van der Waals surface area contributed by atoms with E-state index in [-0.39, 0.29) is 5.82 Å². The van der Waals surface area contributed by atoms with Crippen molar-refractivity contribution in [3.05, 3.63) is 71.9 Å². The first-order valence-electron chi connectivity index (χ1n) is 10.1. The van der Waals surface area contributed by atoms with Crippen LogP contribution in [0.2, 0.25) is 0 Å². The van der Waals surface area contributed by atoms with Gasteiger partial charge in [-0.2, -0.15) is 0 Å². The number of H-pyrrole nitrogens is 2. The van der Waals surface area contributed by atoms with Gasteiger partial charge < -0.3 is 20.0 Å². The number of aromatic nitrogens is 4. The molecule has 3 N–H and O–H groups in total. The first kappa shape index (κ1) is 21.5. The molecule has 0 bridgehead atoms. The van der Waals surface area contributed by atoms with Crippen LogP contribution in [0.5, 0.6) is 0 Å². The lowest BCUT2D eigenvalue weighted by Crippen LogP contribution is -2.36. The highest BCUT2D eigenvalue weighted by Crippen LogP contribution is 2.26. The Morgan fingerprint density at radius 1 is 1.09 bits per heavy atom. The molecule has 1 atom stereocenters. The molecule has 1 aromatic carbocycles. The molecule has 4 aromatic rings. The van der Waals surface area contributed by atoms with E-state index >= 15 is 0 Å². The van der Waals surface area contributed by atoms with Crippen molar-refractivity contribution in [2.75, 3.05) is 0 Å². The van der Waals surface area contributed by atoms with Gasteiger partial charge in [-0.15, -0.1) is 0 Å². The molecule has 4 rings (SSSR count). The molecule has 7 nitrogen and oxygen atoms in total. The molecule has 0 fully saturated rings.